The standard InChI is InChI=1S/C24H25FN6O4S/c1-14-19-20(33)30(24(2)8-6-18(32)26-13-24)23(34)29(22(19)36-21(14)31-27-9-10-28-31)11-7-15-12-16(25)4-5-17(15)35-3/h4-5,9-10,12H,6-8,11,13H2,1-3H3,(H,26,32). The number of benzene rings is 1. The zero-order valence-electron chi connectivity index (χ0n) is 20.1. The monoisotopic (exact) mass is 512 g/mol. The van der Waals surface area contributed by atoms with Gasteiger partial charge in [0.15, 0.2) is 0 Å². The summed E-state index contributed by atoms with van der Waals surface area (Å²) in [6, 6.07) is 4.25. The number of halogens is 1. The molecule has 0 spiro atoms. The van der Waals surface area contributed by atoms with Gasteiger partial charge < -0.3 is 10.1 Å². The van der Waals surface area contributed by atoms with Crippen LogP contribution in [-0.4, -0.2) is 43.7 Å². The molecule has 10 nitrogen and oxygen atoms in total. The second-order valence-electron chi connectivity index (χ2n) is 9.09. The fourth-order valence-electron chi connectivity index (χ4n) is 4.73. The van der Waals surface area contributed by atoms with Gasteiger partial charge in [-0.05, 0) is 50.5 Å². The molecule has 1 N–H and O–H groups in total. The SMILES string of the molecule is COc1ccc(F)cc1CCn1c(=O)n(C2(C)CCC(=O)NC2)c(=O)c2c(C)c(-n3nccn3)sc21. The normalized spacial score (nSPS) is 17.9. The van der Waals surface area contributed by atoms with Gasteiger partial charge in [0, 0.05) is 25.1 Å². The fraction of sp³-hybridized carbons (Fsp3) is 0.375. The Hall–Kier alpha value is -3.80. The molecule has 1 fully saturated rings. The Morgan fingerprint density at radius 1 is 1.22 bits per heavy atom. The van der Waals surface area contributed by atoms with Crippen LogP contribution in [0.25, 0.3) is 15.2 Å². The van der Waals surface area contributed by atoms with Crippen LogP contribution in [0.15, 0.2) is 40.2 Å². The number of carbonyl (C=O) groups is 1. The molecular formula is C24H25FN6O4S. The Kier molecular flexibility index (Phi) is 5.99. The summed E-state index contributed by atoms with van der Waals surface area (Å²) in [6.45, 7) is 3.96. The number of methoxy groups -OCH3 is 1. The smallest absolute Gasteiger partial charge is 0.332 e. The molecule has 3 aromatic heterocycles. The lowest BCUT2D eigenvalue weighted by molar-refractivity contribution is -0.123. The molecule has 5 rings (SSSR count). The van der Waals surface area contributed by atoms with Crippen molar-refractivity contribution >= 4 is 27.5 Å². The zero-order valence-corrected chi connectivity index (χ0v) is 20.9. The lowest BCUT2D eigenvalue weighted by Crippen LogP contribution is -2.57. The summed E-state index contributed by atoms with van der Waals surface area (Å²) < 4.78 is 22.2. The highest BCUT2D eigenvalue weighted by Crippen LogP contribution is 2.32. The number of rotatable bonds is 6. The number of nitrogens with one attached hydrogen (secondary N) is 1. The third-order valence-corrected chi connectivity index (χ3v) is 8.01. The van der Waals surface area contributed by atoms with E-state index < -0.39 is 22.6 Å². The number of aromatic nitrogens is 5. The molecule has 1 unspecified atom stereocenters. The van der Waals surface area contributed by atoms with Crippen LogP contribution in [0.3, 0.4) is 0 Å². The number of fused-ring (bicyclic) bond motifs is 1. The number of thiophene rings is 1. The van der Waals surface area contributed by atoms with E-state index in [1.54, 1.807) is 24.5 Å². The number of carbonyl (C=O) groups excluding carboxylic acids is 1. The summed E-state index contributed by atoms with van der Waals surface area (Å²) in [6.07, 6.45) is 3.95. The van der Waals surface area contributed by atoms with Crippen molar-refractivity contribution in [3.05, 3.63) is 68.4 Å². The van der Waals surface area contributed by atoms with Crippen molar-refractivity contribution in [3.8, 4) is 10.8 Å². The van der Waals surface area contributed by atoms with Crippen molar-refractivity contribution in [1.29, 1.82) is 0 Å². The second-order valence-corrected chi connectivity index (χ2v) is 10.1. The number of piperidine rings is 1. The molecule has 0 saturated carbocycles. The Balaban J connectivity index is 1.72. The lowest BCUT2D eigenvalue weighted by Gasteiger charge is -2.35. The molecule has 1 aromatic carbocycles. The molecule has 0 radical (unpaired) electrons. The number of aryl methyl sites for hydroxylation is 3. The Morgan fingerprint density at radius 3 is 2.64 bits per heavy atom. The molecule has 1 aliphatic heterocycles. The van der Waals surface area contributed by atoms with Crippen LogP contribution in [-0.2, 0) is 23.3 Å². The molecule has 1 amide bonds. The van der Waals surface area contributed by atoms with Crippen LogP contribution in [0.4, 0.5) is 4.39 Å². The van der Waals surface area contributed by atoms with E-state index in [2.05, 4.69) is 15.5 Å². The summed E-state index contributed by atoms with van der Waals surface area (Å²) in [4.78, 5) is 41.5. The van der Waals surface area contributed by atoms with Gasteiger partial charge in [-0.25, -0.2) is 9.18 Å². The number of amides is 1. The molecule has 36 heavy (non-hydrogen) atoms. The average molecular weight is 513 g/mol. The van der Waals surface area contributed by atoms with Crippen molar-refractivity contribution in [2.45, 2.75) is 45.2 Å². The van der Waals surface area contributed by atoms with Crippen LogP contribution < -0.4 is 21.3 Å². The largest absolute Gasteiger partial charge is 0.496 e. The van der Waals surface area contributed by atoms with Gasteiger partial charge in [0.2, 0.25) is 5.91 Å². The molecule has 0 bridgehead atoms. The van der Waals surface area contributed by atoms with Crippen molar-refractivity contribution in [2.75, 3.05) is 13.7 Å². The summed E-state index contributed by atoms with van der Waals surface area (Å²) >= 11 is 1.25. The molecule has 1 saturated heterocycles. The van der Waals surface area contributed by atoms with Gasteiger partial charge >= 0.3 is 5.69 Å². The first-order valence-corrected chi connectivity index (χ1v) is 12.3. The third kappa shape index (κ3) is 3.91. The topological polar surface area (TPSA) is 113 Å². The Morgan fingerprint density at radius 2 is 1.97 bits per heavy atom. The van der Waals surface area contributed by atoms with Crippen LogP contribution in [0.5, 0.6) is 5.75 Å². The van der Waals surface area contributed by atoms with Gasteiger partial charge in [0.05, 0.1) is 30.4 Å². The lowest BCUT2D eigenvalue weighted by atomic mass is 9.91. The molecular weight excluding hydrogens is 487 g/mol. The third-order valence-electron chi connectivity index (χ3n) is 6.73. The van der Waals surface area contributed by atoms with Crippen molar-refractivity contribution in [3.63, 3.8) is 0 Å². The van der Waals surface area contributed by atoms with Gasteiger partial charge in [0.25, 0.3) is 5.56 Å². The molecule has 1 aliphatic rings. The minimum Gasteiger partial charge on any atom is -0.496 e. The van der Waals surface area contributed by atoms with Crippen LogP contribution >= 0.6 is 11.3 Å². The minimum absolute atomic E-state index is 0.112. The fourth-order valence-corrected chi connectivity index (χ4v) is 5.97. The van der Waals surface area contributed by atoms with E-state index >= 15 is 0 Å². The maximum atomic E-state index is 14.0. The molecule has 12 heteroatoms. The van der Waals surface area contributed by atoms with E-state index in [1.165, 1.54) is 52.3 Å². The summed E-state index contributed by atoms with van der Waals surface area (Å²) in [5.74, 6) is -0.00336. The number of hydrogen-bond donors (Lipinski definition) is 1. The maximum absolute atomic E-state index is 14.0. The van der Waals surface area contributed by atoms with E-state index in [0.29, 0.717) is 44.9 Å². The van der Waals surface area contributed by atoms with Gasteiger partial charge in [0.1, 0.15) is 21.4 Å². The Labute approximate surface area is 208 Å². The van der Waals surface area contributed by atoms with E-state index in [0.717, 1.165) is 0 Å². The highest BCUT2D eigenvalue weighted by Gasteiger charge is 2.36. The van der Waals surface area contributed by atoms with E-state index in [4.69, 9.17) is 4.74 Å². The number of hydrogen-bond acceptors (Lipinski definition) is 7. The average Bonchev–Trinajstić information content (AvgIpc) is 3.49. The summed E-state index contributed by atoms with van der Waals surface area (Å²) in [7, 11) is 1.51. The highest BCUT2D eigenvalue weighted by molar-refractivity contribution is 7.21. The summed E-state index contributed by atoms with van der Waals surface area (Å²) in [5, 5.41) is 12.2. The Bertz CT molecular complexity index is 1580. The van der Waals surface area contributed by atoms with Gasteiger partial charge in [-0.15, -0.1) is 4.80 Å². The zero-order chi connectivity index (χ0) is 25.6. The van der Waals surface area contributed by atoms with Crippen molar-refractivity contribution in [2.24, 2.45) is 0 Å². The molecule has 0 aliphatic carbocycles. The van der Waals surface area contributed by atoms with Crippen molar-refractivity contribution in [1.82, 2.24) is 29.4 Å². The summed E-state index contributed by atoms with van der Waals surface area (Å²) in [5.41, 5.74) is -0.533. The second kappa shape index (κ2) is 9.01. The predicted octanol–water partition coefficient (Wildman–Crippen LogP) is 2.13. The van der Waals surface area contributed by atoms with Gasteiger partial charge in [-0.2, -0.15) is 10.2 Å². The molecule has 4 heterocycles. The number of ether oxygens (including phenoxy) is 1. The first kappa shape index (κ1) is 23.9. The van der Waals surface area contributed by atoms with Gasteiger partial charge in [-0.1, -0.05) is 11.3 Å². The van der Waals surface area contributed by atoms with E-state index in [-0.39, 0.29) is 25.4 Å². The predicted molar refractivity (Wildman–Crippen MR) is 133 cm³/mol. The molecule has 1 atom stereocenters. The number of nitrogens with zero attached hydrogens (tertiary/aromatic N) is 5. The van der Waals surface area contributed by atoms with Gasteiger partial charge in [-0.3, -0.25) is 18.7 Å². The quantitative estimate of drug-likeness (QED) is 0.424. The van der Waals surface area contributed by atoms with Crippen LogP contribution in [0.2, 0.25) is 0 Å². The highest BCUT2D eigenvalue weighted by atomic mass is 32.1. The van der Waals surface area contributed by atoms with Crippen molar-refractivity contribution < 1.29 is 13.9 Å². The first-order chi connectivity index (χ1) is 17.2. The molecule has 4 aromatic rings. The minimum atomic E-state index is -0.896. The van der Waals surface area contributed by atoms with E-state index in [9.17, 15) is 18.8 Å². The maximum Gasteiger partial charge on any atom is 0.332 e. The van der Waals surface area contributed by atoms with E-state index in [1.807, 2.05) is 0 Å². The van der Waals surface area contributed by atoms with Crippen LogP contribution in [0, 0.1) is 12.7 Å². The first-order valence-electron chi connectivity index (χ1n) is 11.5. The van der Waals surface area contributed by atoms with Crippen LogP contribution in [0.1, 0.15) is 30.9 Å². The molecule has 188 valence electrons.